The minimum atomic E-state index is -0.252. The molecule has 0 saturated heterocycles. The summed E-state index contributed by atoms with van der Waals surface area (Å²) in [7, 11) is 0. The summed E-state index contributed by atoms with van der Waals surface area (Å²) in [5.74, 6) is 1.12. The van der Waals surface area contributed by atoms with Gasteiger partial charge < -0.3 is 18.8 Å². The fraction of sp³-hybridized carbons (Fsp3) is 0.405. The average molecular weight is 592 g/mol. The second-order valence-corrected chi connectivity index (χ2v) is 11.9. The SMILES string of the molecule is CCOC(=O)c1c(CCCOc2cccc3ccccc23)c2cccc3c2n1CCCCOCc1c-3c(C2CC2)nn1CC. The highest BCUT2D eigenvalue weighted by molar-refractivity contribution is 6.05. The summed E-state index contributed by atoms with van der Waals surface area (Å²) in [6, 6.07) is 21.0. The Morgan fingerprint density at radius 2 is 1.82 bits per heavy atom. The number of aryl methyl sites for hydroxylation is 3. The van der Waals surface area contributed by atoms with Crippen LogP contribution in [0.25, 0.3) is 32.8 Å². The van der Waals surface area contributed by atoms with E-state index in [1.165, 1.54) is 29.5 Å². The van der Waals surface area contributed by atoms with Crippen molar-refractivity contribution in [3.63, 3.8) is 0 Å². The predicted octanol–water partition coefficient (Wildman–Crippen LogP) is 8.05. The summed E-state index contributed by atoms with van der Waals surface area (Å²) < 4.78 is 22.6. The van der Waals surface area contributed by atoms with E-state index in [1.807, 2.05) is 31.2 Å². The Labute approximate surface area is 258 Å². The maximum absolute atomic E-state index is 13.7. The molecule has 1 aliphatic heterocycles. The average Bonchev–Trinajstić information content (AvgIpc) is 3.76. The Bertz CT molecular complexity index is 1810. The van der Waals surface area contributed by atoms with Crippen LogP contribution in [0, 0.1) is 0 Å². The van der Waals surface area contributed by atoms with Crippen LogP contribution >= 0.6 is 0 Å². The molecule has 0 amide bonds. The summed E-state index contributed by atoms with van der Waals surface area (Å²) in [5.41, 5.74) is 7.49. The van der Waals surface area contributed by atoms with Crippen molar-refractivity contribution in [2.24, 2.45) is 0 Å². The Morgan fingerprint density at radius 3 is 2.66 bits per heavy atom. The highest BCUT2D eigenvalue weighted by atomic mass is 16.5. The first-order valence-corrected chi connectivity index (χ1v) is 16.3. The Balaban J connectivity index is 1.32. The second kappa shape index (κ2) is 12.5. The van der Waals surface area contributed by atoms with Gasteiger partial charge in [-0.25, -0.2) is 4.79 Å². The topological polar surface area (TPSA) is 67.5 Å². The van der Waals surface area contributed by atoms with E-state index in [9.17, 15) is 4.79 Å². The van der Waals surface area contributed by atoms with Gasteiger partial charge in [-0.3, -0.25) is 4.68 Å². The van der Waals surface area contributed by atoms with Gasteiger partial charge in [-0.15, -0.1) is 0 Å². The zero-order chi connectivity index (χ0) is 30.0. The lowest BCUT2D eigenvalue weighted by atomic mass is 9.96. The molecule has 228 valence electrons. The normalized spacial score (nSPS) is 15.2. The number of fused-ring (bicyclic) bond motifs is 3. The van der Waals surface area contributed by atoms with E-state index in [0.717, 1.165) is 71.2 Å². The van der Waals surface area contributed by atoms with Gasteiger partial charge in [0.1, 0.15) is 11.4 Å². The predicted molar refractivity (Wildman–Crippen MR) is 173 cm³/mol. The van der Waals surface area contributed by atoms with Crippen LogP contribution in [-0.4, -0.2) is 40.1 Å². The smallest absolute Gasteiger partial charge is 0.355 e. The largest absolute Gasteiger partial charge is 0.493 e. The number of esters is 1. The zero-order valence-corrected chi connectivity index (χ0v) is 25.8. The Hall–Kier alpha value is -4.10. The van der Waals surface area contributed by atoms with Crippen LogP contribution in [0.1, 0.15) is 79.3 Å². The molecule has 2 aliphatic rings. The lowest BCUT2D eigenvalue weighted by Gasteiger charge is -2.14. The van der Waals surface area contributed by atoms with E-state index < -0.39 is 0 Å². The van der Waals surface area contributed by atoms with Crippen molar-refractivity contribution in [1.82, 2.24) is 14.3 Å². The van der Waals surface area contributed by atoms with Crippen molar-refractivity contribution in [1.29, 1.82) is 0 Å². The van der Waals surface area contributed by atoms with Crippen molar-refractivity contribution >= 4 is 27.6 Å². The van der Waals surface area contributed by atoms with Crippen LogP contribution < -0.4 is 4.74 Å². The first-order valence-electron chi connectivity index (χ1n) is 16.3. The molecule has 7 nitrogen and oxygen atoms in total. The number of para-hydroxylation sites is 1. The third kappa shape index (κ3) is 5.28. The van der Waals surface area contributed by atoms with Gasteiger partial charge in [0.2, 0.25) is 0 Å². The Morgan fingerprint density at radius 1 is 1.00 bits per heavy atom. The molecule has 5 aromatic rings. The van der Waals surface area contributed by atoms with Crippen LogP contribution in [0.15, 0.2) is 60.7 Å². The number of rotatable bonds is 9. The number of carbonyl (C=O) groups is 1. The minimum Gasteiger partial charge on any atom is -0.493 e. The van der Waals surface area contributed by atoms with Crippen molar-refractivity contribution < 1.29 is 19.0 Å². The first-order chi connectivity index (χ1) is 21.7. The number of hydrogen-bond acceptors (Lipinski definition) is 5. The van der Waals surface area contributed by atoms with E-state index in [0.29, 0.717) is 44.5 Å². The molecule has 0 atom stereocenters. The van der Waals surface area contributed by atoms with Gasteiger partial charge in [0.15, 0.2) is 0 Å². The maximum Gasteiger partial charge on any atom is 0.355 e. The first kappa shape index (κ1) is 28.7. The molecule has 7 heteroatoms. The highest BCUT2D eigenvalue weighted by Crippen LogP contribution is 2.47. The molecule has 0 N–H and O–H groups in total. The fourth-order valence-corrected chi connectivity index (χ4v) is 6.85. The van der Waals surface area contributed by atoms with Gasteiger partial charge in [-0.2, -0.15) is 5.10 Å². The van der Waals surface area contributed by atoms with Gasteiger partial charge in [0.05, 0.1) is 36.7 Å². The Kier molecular flexibility index (Phi) is 8.13. The number of hydrogen-bond donors (Lipinski definition) is 0. The summed E-state index contributed by atoms with van der Waals surface area (Å²) in [4.78, 5) is 13.7. The molecule has 1 aliphatic carbocycles. The summed E-state index contributed by atoms with van der Waals surface area (Å²) in [5, 5.41) is 8.52. The van der Waals surface area contributed by atoms with Gasteiger partial charge in [0.25, 0.3) is 0 Å². The molecule has 2 aromatic heterocycles. The molecule has 1 fully saturated rings. The van der Waals surface area contributed by atoms with E-state index >= 15 is 0 Å². The van der Waals surface area contributed by atoms with Crippen molar-refractivity contribution in [2.75, 3.05) is 19.8 Å². The summed E-state index contributed by atoms with van der Waals surface area (Å²) >= 11 is 0. The summed E-state index contributed by atoms with van der Waals surface area (Å²) in [6.45, 7) is 7.67. The molecular weight excluding hydrogens is 550 g/mol. The van der Waals surface area contributed by atoms with E-state index in [4.69, 9.17) is 19.3 Å². The molecule has 3 heterocycles. The lowest BCUT2D eigenvalue weighted by Crippen LogP contribution is -2.15. The van der Waals surface area contributed by atoms with Crippen LogP contribution in [0.4, 0.5) is 0 Å². The van der Waals surface area contributed by atoms with Crippen LogP contribution in [0.5, 0.6) is 5.75 Å². The van der Waals surface area contributed by atoms with Crippen LogP contribution in [-0.2, 0) is 35.6 Å². The zero-order valence-electron chi connectivity index (χ0n) is 25.8. The van der Waals surface area contributed by atoms with E-state index in [-0.39, 0.29) is 5.97 Å². The molecule has 1 saturated carbocycles. The molecule has 0 radical (unpaired) electrons. The highest BCUT2D eigenvalue weighted by Gasteiger charge is 2.34. The third-order valence-electron chi connectivity index (χ3n) is 9.01. The number of carbonyl (C=O) groups excluding carboxylic acids is 1. The van der Waals surface area contributed by atoms with Crippen molar-refractivity contribution in [3.05, 3.63) is 83.3 Å². The molecule has 7 rings (SSSR count). The van der Waals surface area contributed by atoms with Gasteiger partial charge in [0, 0.05) is 47.5 Å². The molecular formula is C37H41N3O4. The van der Waals surface area contributed by atoms with E-state index in [1.54, 1.807) is 0 Å². The monoisotopic (exact) mass is 591 g/mol. The molecule has 3 aromatic carbocycles. The van der Waals surface area contributed by atoms with Crippen LogP contribution in [0.2, 0.25) is 0 Å². The second-order valence-electron chi connectivity index (χ2n) is 11.9. The number of nitrogens with zero attached hydrogens (tertiary/aromatic N) is 3. The van der Waals surface area contributed by atoms with Gasteiger partial charge in [-0.1, -0.05) is 54.6 Å². The molecule has 0 spiro atoms. The summed E-state index contributed by atoms with van der Waals surface area (Å²) in [6.07, 6.45) is 5.66. The molecule has 0 unspecified atom stereocenters. The number of benzene rings is 3. The quantitative estimate of drug-likeness (QED) is 0.128. The van der Waals surface area contributed by atoms with Gasteiger partial charge >= 0.3 is 5.97 Å². The van der Waals surface area contributed by atoms with Gasteiger partial charge in [-0.05, 0) is 69.4 Å². The molecule has 0 bridgehead atoms. The third-order valence-corrected chi connectivity index (χ3v) is 9.01. The standard InChI is InChI=1S/C37H41N3O4/c1-3-40-31-24-42-22-8-7-21-39-35-28(15-10-16-30(35)33(31)34(38-40)26-19-20-26)29(36(39)37(41)43-4-2)17-11-23-44-32-18-9-13-25-12-5-6-14-27(25)32/h5-6,9-10,12-16,18,26H,3-4,7-8,11,17,19-24H2,1-2H3. The van der Waals surface area contributed by atoms with Crippen molar-refractivity contribution in [3.8, 4) is 16.9 Å². The van der Waals surface area contributed by atoms with Crippen molar-refractivity contribution in [2.45, 2.75) is 78.0 Å². The minimum absolute atomic E-state index is 0.252. The van der Waals surface area contributed by atoms with Crippen LogP contribution in [0.3, 0.4) is 0 Å². The fourth-order valence-electron chi connectivity index (χ4n) is 6.85. The number of aromatic nitrogens is 3. The molecule has 44 heavy (non-hydrogen) atoms. The van der Waals surface area contributed by atoms with E-state index in [2.05, 4.69) is 52.6 Å². The lowest BCUT2D eigenvalue weighted by molar-refractivity contribution is 0.0512. The number of ether oxygens (including phenoxy) is 3. The maximum atomic E-state index is 13.7.